The first-order chi connectivity index (χ1) is 18.3. The molecule has 0 amide bonds. The summed E-state index contributed by atoms with van der Waals surface area (Å²) in [4.78, 5) is 2.62. The highest BCUT2D eigenvalue weighted by Gasteiger charge is 2.33. The van der Waals surface area contributed by atoms with Crippen LogP contribution in [0.3, 0.4) is 0 Å². The van der Waals surface area contributed by atoms with Crippen LogP contribution >= 0.6 is 0 Å². The number of phenolic OH excluding ortho intramolecular Hbond substituents is 1. The summed E-state index contributed by atoms with van der Waals surface area (Å²) in [6.45, 7) is 5.30. The zero-order chi connectivity index (χ0) is 25.3. The van der Waals surface area contributed by atoms with Crippen molar-refractivity contribution in [2.75, 3.05) is 32.8 Å². The molecule has 1 fully saturated rings. The maximum atomic E-state index is 9.98. The number of unbranched alkanes of at least 4 members (excludes halogenated alkanes) is 5. The molecule has 0 unspecified atom stereocenters. The van der Waals surface area contributed by atoms with Gasteiger partial charge in [0.05, 0.1) is 13.2 Å². The Labute approximate surface area is 222 Å². The molecule has 4 nitrogen and oxygen atoms in total. The molecular weight excluding hydrogens is 458 g/mol. The van der Waals surface area contributed by atoms with Crippen molar-refractivity contribution in [3.05, 3.63) is 89.5 Å². The minimum atomic E-state index is 0.159. The standard InChI is InChI=1S/C33H41NO3/c35-28-16-19-30-32(24-28)37-25-31(26-12-6-5-7-13-26)33(30)27-14-17-29(18-15-27)36-23-11-4-2-1-3-8-20-34-21-9-10-22-34/h5-7,12-19,24,31,33,35H,1-4,8-11,20-23,25H2/t31-,33-/m1/s1. The molecular formula is C33H41NO3. The highest BCUT2D eigenvalue weighted by atomic mass is 16.5. The quantitative estimate of drug-likeness (QED) is 0.262. The normalized spacial score (nSPS) is 19.4. The molecule has 3 aromatic rings. The number of rotatable bonds is 12. The maximum Gasteiger partial charge on any atom is 0.126 e. The van der Waals surface area contributed by atoms with Gasteiger partial charge in [0.1, 0.15) is 17.2 Å². The third kappa shape index (κ3) is 6.87. The van der Waals surface area contributed by atoms with Gasteiger partial charge in [0.2, 0.25) is 0 Å². The molecule has 5 rings (SSSR count). The summed E-state index contributed by atoms with van der Waals surface area (Å²) in [5.41, 5.74) is 3.62. The molecule has 1 N–H and O–H groups in total. The van der Waals surface area contributed by atoms with E-state index >= 15 is 0 Å². The molecule has 2 heterocycles. The third-order valence-electron chi connectivity index (χ3n) is 7.96. The summed E-state index contributed by atoms with van der Waals surface area (Å²) in [5, 5.41) is 9.98. The third-order valence-corrected chi connectivity index (χ3v) is 7.96. The largest absolute Gasteiger partial charge is 0.508 e. The lowest BCUT2D eigenvalue weighted by Crippen LogP contribution is -2.25. The van der Waals surface area contributed by atoms with Crippen LogP contribution in [0.25, 0.3) is 0 Å². The van der Waals surface area contributed by atoms with Crippen LogP contribution in [-0.2, 0) is 0 Å². The number of aromatic hydroxyl groups is 1. The molecule has 0 aliphatic carbocycles. The number of hydrogen-bond acceptors (Lipinski definition) is 4. The Balaban J connectivity index is 1.12. The Morgan fingerprint density at radius 1 is 0.784 bits per heavy atom. The van der Waals surface area contributed by atoms with Gasteiger partial charge in [-0.1, -0.05) is 74.2 Å². The van der Waals surface area contributed by atoms with Crippen molar-refractivity contribution in [1.82, 2.24) is 4.90 Å². The number of ether oxygens (including phenoxy) is 2. The Hall–Kier alpha value is -2.98. The maximum absolute atomic E-state index is 9.98. The van der Waals surface area contributed by atoms with Crippen molar-refractivity contribution < 1.29 is 14.6 Å². The van der Waals surface area contributed by atoms with Crippen LogP contribution in [0.1, 0.15) is 79.9 Å². The van der Waals surface area contributed by atoms with Gasteiger partial charge in [-0.15, -0.1) is 0 Å². The topological polar surface area (TPSA) is 41.9 Å². The summed E-state index contributed by atoms with van der Waals surface area (Å²) >= 11 is 0. The number of nitrogens with zero attached hydrogens (tertiary/aromatic N) is 1. The van der Waals surface area contributed by atoms with Crippen molar-refractivity contribution in [3.63, 3.8) is 0 Å². The van der Waals surface area contributed by atoms with Crippen molar-refractivity contribution in [3.8, 4) is 17.2 Å². The first kappa shape index (κ1) is 25.7. The van der Waals surface area contributed by atoms with Crippen LogP contribution < -0.4 is 9.47 Å². The molecule has 2 aliphatic heterocycles. The summed E-state index contributed by atoms with van der Waals surface area (Å²) in [6.07, 6.45) is 10.5. The molecule has 4 heteroatoms. The number of hydrogen-bond donors (Lipinski definition) is 1. The van der Waals surface area contributed by atoms with Crippen molar-refractivity contribution in [2.24, 2.45) is 0 Å². The molecule has 37 heavy (non-hydrogen) atoms. The fraction of sp³-hybridized carbons (Fsp3) is 0.455. The van der Waals surface area contributed by atoms with E-state index < -0.39 is 0 Å². The molecule has 0 spiro atoms. The molecule has 0 saturated carbocycles. The van der Waals surface area contributed by atoms with Crippen LogP contribution in [0, 0.1) is 0 Å². The zero-order valence-electron chi connectivity index (χ0n) is 22.0. The number of fused-ring (bicyclic) bond motifs is 1. The molecule has 0 radical (unpaired) electrons. The van der Waals surface area contributed by atoms with Crippen molar-refractivity contribution >= 4 is 0 Å². The van der Waals surface area contributed by atoms with Gasteiger partial charge in [-0.2, -0.15) is 0 Å². The molecule has 0 aromatic heterocycles. The highest BCUT2D eigenvalue weighted by molar-refractivity contribution is 5.50. The second-order valence-corrected chi connectivity index (χ2v) is 10.6. The second kappa shape index (κ2) is 13.0. The summed E-state index contributed by atoms with van der Waals surface area (Å²) in [5.74, 6) is 2.31. The van der Waals surface area contributed by atoms with Crippen LogP contribution in [0.5, 0.6) is 17.2 Å². The van der Waals surface area contributed by atoms with E-state index in [-0.39, 0.29) is 17.6 Å². The van der Waals surface area contributed by atoms with E-state index in [1.807, 2.05) is 6.07 Å². The lowest BCUT2D eigenvalue weighted by Gasteiger charge is -2.34. The first-order valence-corrected chi connectivity index (χ1v) is 14.2. The molecule has 1 saturated heterocycles. The molecule has 196 valence electrons. The lowest BCUT2D eigenvalue weighted by atomic mass is 9.76. The van der Waals surface area contributed by atoms with Crippen LogP contribution in [0.15, 0.2) is 72.8 Å². The van der Waals surface area contributed by atoms with Crippen molar-refractivity contribution in [1.29, 1.82) is 0 Å². The van der Waals surface area contributed by atoms with E-state index in [1.165, 1.54) is 75.7 Å². The Bertz CT molecular complexity index is 1090. The smallest absolute Gasteiger partial charge is 0.126 e. The average molecular weight is 500 g/mol. The molecule has 2 atom stereocenters. The van der Waals surface area contributed by atoms with E-state index in [0.717, 1.165) is 30.1 Å². The van der Waals surface area contributed by atoms with Gasteiger partial charge < -0.3 is 19.5 Å². The zero-order valence-corrected chi connectivity index (χ0v) is 22.0. The van der Waals surface area contributed by atoms with Gasteiger partial charge in [-0.3, -0.25) is 0 Å². The van der Waals surface area contributed by atoms with Crippen LogP contribution in [-0.4, -0.2) is 42.9 Å². The van der Waals surface area contributed by atoms with Gasteiger partial charge in [-0.25, -0.2) is 0 Å². The van der Waals surface area contributed by atoms with Gasteiger partial charge >= 0.3 is 0 Å². The van der Waals surface area contributed by atoms with Crippen molar-refractivity contribution in [2.45, 2.75) is 63.2 Å². The Morgan fingerprint density at radius 3 is 2.30 bits per heavy atom. The average Bonchev–Trinajstić information content (AvgIpc) is 3.46. The number of likely N-dealkylation sites (tertiary alicyclic amines) is 1. The van der Waals surface area contributed by atoms with Gasteiger partial charge in [-0.05, 0) is 74.6 Å². The number of benzene rings is 3. The van der Waals surface area contributed by atoms with Gasteiger partial charge in [0.25, 0.3) is 0 Å². The Morgan fingerprint density at radius 2 is 1.51 bits per heavy atom. The Kier molecular flexibility index (Phi) is 9.02. The monoisotopic (exact) mass is 499 g/mol. The minimum absolute atomic E-state index is 0.159. The highest BCUT2D eigenvalue weighted by Crippen LogP contribution is 2.47. The van der Waals surface area contributed by atoms with Crippen LogP contribution in [0.2, 0.25) is 0 Å². The minimum Gasteiger partial charge on any atom is -0.508 e. The number of phenols is 1. The molecule has 2 aliphatic rings. The predicted octanol–water partition coefficient (Wildman–Crippen LogP) is 7.52. The first-order valence-electron chi connectivity index (χ1n) is 14.2. The van der Waals surface area contributed by atoms with Crippen LogP contribution in [0.4, 0.5) is 0 Å². The fourth-order valence-electron chi connectivity index (χ4n) is 5.91. The SMILES string of the molecule is Oc1ccc2c(c1)OC[C@H](c1ccccc1)[C@@H]2c1ccc(OCCCCCCCCN2CCCC2)cc1. The van der Waals surface area contributed by atoms with Gasteiger partial charge in [0, 0.05) is 23.5 Å². The summed E-state index contributed by atoms with van der Waals surface area (Å²) < 4.78 is 12.2. The van der Waals surface area contributed by atoms with E-state index in [4.69, 9.17) is 9.47 Å². The van der Waals surface area contributed by atoms with E-state index in [0.29, 0.717) is 6.61 Å². The fourth-order valence-corrected chi connectivity index (χ4v) is 5.91. The second-order valence-electron chi connectivity index (χ2n) is 10.6. The molecule has 3 aromatic carbocycles. The lowest BCUT2D eigenvalue weighted by molar-refractivity contribution is 0.247. The van der Waals surface area contributed by atoms with E-state index in [1.54, 1.807) is 12.1 Å². The van der Waals surface area contributed by atoms with E-state index in [2.05, 4.69) is 59.5 Å². The van der Waals surface area contributed by atoms with Gasteiger partial charge in [0.15, 0.2) is 0 Å². The van der Waals surface area contributed by atoms with E-state index in [9.17, 15) is 5.11 Å². The molecule has 0 bridgehead atoms. The predicted molar refractivity (Wildman–Crippen MR) is 150 cm³/mol. The summed E-state index contributed by atoms with van der Waals surface area (Å²) in [7, 11) is 0. The summed E-state index contributed by atoms with van der Waals surface area (Å²) in [6, 6.07) is 24.7.